The lowest BCUT2D eigenvalue weighted by Gasteiger charge is -2.13. The van der Waals surface area contributed by atoms with Crippen LogP contribution in [0, 0.1) is 11.7 Å². The Morgan fingerprint density at radius 3 is 2.88 bits per heavy atom. The molecule has 0 radical (unpaired) electrons. The average Bonchev–Trinajstić information content (AvgIpc) is 3.04. The van der Waals surface area contributed by atoms with E-state index in [1.54, 1.807) is 16.9 Å². The van der Waals surface area contributed by atoms with Gasteiger partial charge in [-0.3, -0.25) is 4.68 Å². The van der Waals surface area contributed by atoms with Crippen LogP contribution in [-0.4, -0.2) is 29.5 Å². The molecule has 1 aliphatic rings. The Morgan fingerprint density at radius 2 is 2.15 bits per heavy atom. The number of H-pyrrole nitrogens is 1. The maximum atomic E-state index is 14.5. The third-order valence-electron chi connectivity index (χ3n) is 5.18. The van der Waals surface area contributed by atoms with Gasteiger partial charge in [-0.15, -0.1) is 0 Å². The minimum Gasteiger partial charge on any atom is -0.360 e. The summed E-state index contributed by atoms with van der Waals surface area (Å²) in [5.74, 6) is 1.66. The van der Waals surface area contributed by atoms with Crippen LogP contribution in [0.5, 0.6) is 0 Å². The molecule has 1 fully saturated rings. The number of aromatic nitrogens is 6. The molecule has 0 spiro atoms. The quantitative estimate of drug-likeness (QED) is 0.606. The maximum Gasteiger partial charge on any atom is 0.184 e. The summed E-state index contributed by atoms with van der Waals surface area (Å²) in [6.45, 7) is 2.16. The van der Waals surface area contributed by atoms with Crippen LogP contribution >= 0.6 is 0 Å². The maximum absolute atomic E-state index is 14.5. The molecule has 4 aromatic rings. The van der Waals surface area contributed by atoms with Crippen LogP contribution in [0.1, 0.15) is 25.8 Å². The monoisotopic (exact) mass is 350 g/mol. The molecule has 0 bridgehead atoms. The molecule has 5 rings (SSSR count). The lowest BCUT2D eigenvalue weighted by atomic mass is 10.1. The predicted octanol–water partition coefficient (Wildman–Crippen LogP) is 3.94. The molecule has 0 saturated heterocycles. The highest BCUT2D eigenvalue weighted by molar-refractivity contribution is 5.94. The Kier molecular flexibility index (Phi) is 3.25. The van der Waals surface area contributed by atoms with Crippen molar-refractivity contribution in [2.24, 2.45) is 13.0 Å². The fraction of sp³-hybridized carbons (Fsp3) is 0.316. The topological polar surface area (TPSA) is 64.3 Å². The van der Waals surface area contributed by atoms with Crippen molar-refractivity contribution < 1.29 is 4.39 Å². The van der Waals surface area contributed by atoms with Crippen molar-refractivity contribution in [3.05, 3.63) is 42.6 Å². The van der Waals surface area contributed by atoms with Gasteiger partial charge in [0, 0.05) is 35.9 Å². The highest BCUT2D eigenvalue weighted by Gasteiger charge is 2.32. The van der Waals surface area contributed by atoms with E-state index in [0.717, 1.165) is 16.6 Å². The molecule has 3 aromatic heterocycles. The highest BCUT2D eigenvalue weighted by atomic mass is 19.1. The van der Waals surface area contributed by atoms with E-state index in [1.807, 2.05) is 30.2 Å². The lowest BCUT2D eigenvalue weighted by molar-refractivity contribution is 0.445. The Bertz CT molecular complexity index is 1100. The molecular formula is C19H19FN6. The number of hydrogen-bond acceptors (Lipinski definition) is 3. The van der Waals surface area contributed by atoms with Gasteiger partial charge in [0.1, 0.15) is 5.82 Å². The number of rotatable bonds is 4. The first kappa shape index (κ1) is 15.3. The van der Waals surface area contributed by atoms with Crippen LogP contribution < -0.4 is 0 Å². The van der Waals surface area contributed by atoms with E-state index < -0.39 is 0 Å². The molecule has 1 saturated carbocycles. The summed E-state index contributed by atoms with van der Waals surface area (Å²) in [5, 5.41) is 9.53. The minimum atomic E-state index is -0.254. The zero-order valence-corrected chi connectivity index (χ0v) is 14.6. The van der Waals surface area contributed by atoms with Gasteiger partial charge in [0.15, 0.2) is 11.6 Å². The zero-order chi connectivity index (χ0) is 17.8. The SMILES string of the molecule is CC(C1CC1)n1nc(-c2cnn(C)c2)nc1-c1c[nH]c2cccc(F)c12. The van der Waals surface area contributed by atoms with Crippen LogP contribution in [0.2, 0.25) is 0 Å². The fourth-order valence-electron chi connectivity index (χ4n) is 3.54. The number of nitrogens with one attached hydrogen (secondary N) is 1. The largest absolute Gasteiger partial charge is 0.360 e. The van der Waals surface area contributed by atoms with Gasteiger partial charge in [0.25, 0.3) is 0 Å². The molecular weight excluding hydrogens is 331 g/mol. The summed E-state index contributed by atoms with van der Waals surface area (Å²) in [6.07, 6.45) is 7.86. The molecule has 1 aliphatic carbocycles. The summed E-state index contributed by atoms with van der Waals surface area (Å²) < 4.78 is 18.2. The molecule has 0 aliphatic heterocycles. The Morgan fingerprint density at radius 1 is 1.31 bits per heavy atom. The van der Waals surface area contributed by atoms with Gasteiger partial charge < -0.3 is 4.98 Å². The van der Waals surface area contributed by atoms with Crippen LogP contribution in [0.4, 0.5) is 4.39 Å². The van der Waals surface area contributed by atoms with Gasteiger partial charge in [-0.2, -0.15) is 10.2 Å². The van der Waals surface area contributed by atoms with Crippen LogP contribution in [-0.2, 0) is 7.05 Å². The van der Waals surface area contributed by atoms with E-state index >= 15 is 0 Å². The second-order valence-corrected chi connectivity index (χ2v) is 7.05. The van der Waals surface area contributed by atoms with E-state index in [4.69, 9.17) is 10.1 Å². The first-order valence-corrected chi connectivity index (χ1v) is 8.83. The summed E-state index contributed by atoms with van der Waals surface area (Å²) >= 11 is 0. The van der Waals surface area contributed by atoms with Gasteiger partial charge >= 0.3 is 0 Å². The Hall–Kier alpha value is -2.96. The summed E-state index contributed by atoms with van der Waals surface area (Å²) in [7, 11) is 1.86. The average molecular weight is 350 g/mol. The van der Waals surface area contributed by atoms with Crippen LogP contribution in [0.15, 0.2) is 36.8 Å². The number of aryl methyl sites for hydroxylation is 1. The molecule has 3 heterocycles. The van der Waals surface area contributed by atoms with E-state index in [0.29, 0.717) is 23.0 Å². The standard InChI is InChI=1S/C19H19FN6/c1-11(12-6-7-12)26-19(23-18(24-26)13-8-22-25(2)10-13)14-9-21-16-5-3-4-15(20)17(14)16/h3-5,8-12,21H,6-7H2,1-2H3. The second-order valence-electron chi connectivity index (χ2n) is 7.05. The summed E-state index contributed by atoms with van der Waals surface area (Å²) in [5.41, 5.74) is 2.36. The lowest BCUT2D eigenvalue weighted by Crippen LogP contribution is -2.10. The molecule has 1 N–H and O–H groups in total. The predicted molar refractivity (Wildman–Crippen MR) is 96.9 cm³/mol. The first-order chi connectivity index (χ1) is 12.6. The third kappa shape index (κ3) is 2.34. The molecule has 132 valence electrons. The van der Waals surface area contributed by atoms with Crippen molar-refractivity contribution in [3.8, 4) is 22.8 Å². The molecule has 7 heteroatoms. The van der Waals surface area contributed by atoms with E-state index in [1.165, 1.54) is 18.9 Å². The molecule has 26 heavy (non-hydrogen) atoms. The number of benzene rings is 1. The van der Waals surface area contributed by atoms with Crippen LogP contribution in [0.3, 0.4) is 0 Å². The highest BCUT2D eigenvalue weighted by Crippen LogP contribution is 2.42. The number of hydrogen-bond donors (Lipinski definition) is 1. The fourth-order valence-corrected chi connectivity index (χ4v) is 3.54. The number of nitrogens with zero attached hydrogens (tertiary/aromatic N) is 5. The van der Waals surface area contributed by atoms with E-state index in [-0.39, 0.29) is 11.9 Å². The Balaban J connectivity index is 1.72. The molecule has 1 aromatic carbocycles. The van der Waals surface area contributed by atoms with E-state index in [2.05, 4.69) is 17.0 Å². The van der Waals surface area contributed by atoms with Crippen molar-refractivity contribution >= 4 is 10.9 Å². The second kappa shape index (κ2) is 5.52. The van der Waals surface area contributed by atoms with Crippen LogP contribution in [0.25, 0.3) is 33.7 Å². The Labute approximate surface area is 149 Å². The van der Waals surface area contributed by atoms with Gasteiger partial charge in [-0.25, -0.2) is 14.1 Å². The van der Waals surface area contributed by atoms with Gasteiger partial charge in [-0.05, 0) is 37.8 Å². The van der Waals surface area contributed by atoms with Crippen molar-refractivity contribution in [2.75, 3.05) is 0 Å². The van der Waals surface area contributed by atoms with Crippen molar-refractivity contribution in [3.63, 3.8) is 0 Å². The molecule has 1 atom stereocenters. The molecule has 1 unspecified atom stereocenters. The number of fused-ring (bicyclic) bond motifs is 1. The van der Waals surface area contributed by atoms with Crippen molar-refractivity contribution in [1.29, 1.82) is 0 Å². The third-order valence-corrected chi connectivity index (χ3v) is 5.18. The molecule has 0 amide bonds. The smallest absolute Gasteiger partial charge is 0.184 e. The van der Waals surface area contributed by atoms with Gasteiger partial charge in [0.05, 0.1) is 17.8 Å². The summed E-state index contributed by atoms with van der Waals surface area (Å²) in [6, 6.07) is 5.28. The van der Waals surface area contributed by atoms with Gasteiger partial charge in [-0.1, -0.05) is 6.07 Å². The number of halogens is 1. The first-order valence-electron chi connectivity index (χ1n) is 8.83. The van der Waals surface area contributed by atoms with Crippen molar-refractivity contribution in [1.82, 2.24) is 29.5 Å². The van der Waals surface area contributed by atoms with Gasteiger partial charge in [0.2, 0.25) is 0 Å². The van der Waals surface area contributed by atoms with E-state index in [9.17, 15) is 4.39 Å². The van der Waals surface area contributed by atoms with Crippen molar-refractivity contribution in [2.45, 2.75) is 25.8 Å². The normalized spacial score (nSPS) is 15.7. The zero-order valence-electron chi connectivity index (χ0n) is 14.6. The summed E-state index contributed by atoms with van der Waals surface area (Å²) in [4.78, 5) is 7.92. The minimum absolute atomic E-state index is 0.222. The molecule has 6 nitrogen and oxygen atoms in total. The number of aromatic amines is 1.